The lowest BCUT2D eigenvalue weighted by Crippen LogP contribution is -2.31. The first kappa shape index (κ1) is 28.3. The lowest BCUT2D eigenvalue weighted by atomic mass is 9.98. The minimum absolute atomic E-state index is 0.0468. The molecule has 0 unspecified atom stereocenters. The quantitative estimate of drug-likeness (QED) is 0.209. The Bertz CT molecular complexity index is 1250. The second-order valence-electron chi connectivity index (χ2n) is 9.29. The molecular formula is C28H32N2O5S3. The highest BCUT2D eigenvalue weighted by Crippen LogP contribution is 2.35. The number of rotatable bonds is 9. The minimum atomic E-state index is -0.458. The van der Waals surface area contributed by atoms with Crippen LogP contribution in [0.3, 0.4) is 0 Å². The van der Waals surface area contributed by atoms with Gasteiger partial charge in [0.1, 0.15) is 15.1 Å². The van der Waals surface area contributed by atoms with E-state index in [-0.39, 0.29) is 37.5 Å². The van der Waals surface area contributed by atoms with Crippen LogP contribution in [0.1, 0.15) is 71.8 Å². The molecule has 2 aliphatic rings. The van der Waals surface area contributed by atoms with Gasteiger partial charge < -0.3 is 14.8 Å². The van der Waals surface area contributed by atoms with Crippen LogP contribution in [0.15, 0.2) is 29.2 Å². The number of esters is 1. The van der Waals surface area contributed by atoms with Crippen LogP contribution in [0.5, 0.6) is 5.75 Å². The van der Waals surface area contributed by atoms with Gasteiger partial charge >= 0.3 is 5.97 Å². The number of nitrogens with one attached hydrogen (secondary N) is 1. The zero-order valence-electron chi connectivity index (χ0n) is 21.8. The Morgan fingerprint density at radius 1 is 1.16 bits per heavy atom. The topological polar surface area (TPSA) is 84.9 Å². The van der Waals surface area contributed by atoms with E-state index in [1.54, 1.807) is 6.92 Å². The fraction of sp³-hybridized carbons (Fsp3) is 0.429. The third-order valence-electron chi connectivity index (χ3n) is 6.59. The normalized spacial score (nSPS) is 17.2. The number of hydrogen-bond acceptors (Lipinski definition) is 8. The Labute approximate surface area is 236 Å². The molecule has 0 atom stereocenters. The van der Waals surface area contributed by atoms with Crippen molar-refractivity contribution in [2.24, 2.45) is 0 Å². The Hall–Kier alpha value is -2.69. The van der Waals surface area contributed by atoms with Crippen LogP contribution in [0.2, 0.25) is 0 Å². The monoisotopic (exact) mass is 572 g/mol. The number of anilines is 1. The molecule has 1 aliphatic carbocycles. The van der Waals surface area contributed by atoms with E-state index >= 15 is 0 Å². The van der Waals surface area contributed by atoms with E-state index in [0.29, 0.717) is 19.8 Å². The summed E-state index contributed by atoms with van der Waals surface area (Å²) in [6.45, 7) is 5.86. The molecule has 1 aromatic heterocycles. The van der Waals surface area contributed by atoms with Crippen LogP contribution in [0.4, 0.5) is 5.00 Å². The molecule has 1 aromatic carbocycles. The number of thiophene rings is 1. The van der Waals surface area contributed by atoms with Gasteiger partial charge in [-0.15, -0.1) is 11.3 Å². The summed E-state index contributed by atoms with van der Waals surface area (Å²) in [5.74, 6) is -0.135. The molecule has 2 heterocycles. The van der Waals surface area contributed by atoms with Crippen LogP contribution in [-0.2, 0) is 14.3 Å². The summed E-state index contributed by atoms with van der Waals surface area (Å²) in [5, 5.41) is 3.28. The standard InChI is InChI=1S/C28H32N2O5S3/c1-4-34-27(33)24-17(2)18(3)37-25(24)29-23(31)14-15-30-26(32)22(38-28(30)36)16-19-10-12-21(13-11-19)35-20-8-6-5-7-9-20/h10-13,16,20H,4-9,14-15H2,1-3H3,(H,29,31)/b22-16-. The number of thioether (sulfide) groups is 1. The van der Waals surface area contributed by atoms with Gasteiger partial charge in [-0.3, -0.25) is 14.5 Å². The van der Waals surface area contributed by atoms with Crippen molar-refractivity contribution in [1.82, 2.24) is 4.90 Å². The number of carbonyl (C=O) groups is 3. The third kappa shape index (κ3) is 6.84. The summed E-state index contributed by atoms with van der Waals surface area (Å²) in [4.78, 5) is 41.0. The maximum Gasteiger partial charge on any atom is 0.341 e. The van der Waals surface area contributed by atoms with Crippen LogP contribution in [0.25, 0.3) is 6.08 Å². The zero-order chi connectivity index (χ0) is 27.2. The van der Waals surface area contributed by atoms with Gasteiger partial charge in [-0.25, -0.2) is 4.79 Å². The molecule has 202 valence electrons. The van der Waals surface area contributed by atoms with Crippen molar-refractivity contribution in [3.05, 3.63) is 50.7 Å². The van der Waals surface area contributed by atoms with Crippen molar-refractivity contribution in [2.45, 2.75) is 65.4 Å². The summed E-state index contributed by atoms with van der Waals surface area (Å²) in [5.41, 5.74) is 2.06. The maximum absolute atomic E-state index is 13.0. The van der Waals surface area contributed by atoms with Crippen LogP contribution in [-0.4, -0.2) is 46.3 Å². The molecule has 2 aromatic rings. The first-order chi connectivity index (χ1) is 18.3. The summed E-state index contributed by atoms with van der Waals surface area (Å²) in [6, 6.07) is 7.74. The summed E-state index contributed by atoms with van der Waals surface area (Å²) in [6.07, 6.45) is 8.06. The molecule has 7 nitrogen and oxygen atoms in total. The minimum Gasteiger partial charge on any atom is -0.490 e. The fourth-order valence-electron chi connectivity index (χ4n) is 4.43. The number of ether oxygens (including phenoxy) is 2. The predicted octanol–water partition coefficient (Wildman–Crippen LogP) is 6.48. The van der Waals surface area contributed by atoms with E-state index in [1.165, 1.54) is 47.3 Å². The number of hydrogen-bond donors (Lipinski definition) is 1. The fourth-order valence-corrected chi connectivity index (χ4v) is 6.80. The molecule has 10 heteroatoms. The Morgan fingerprint density at radius 2 is 1.87 bits per heavy atom. The predicted molar refractivity (Wildman–Crippen MR) is 157 cm³/mol. The molecule has 0 radical (unpaired) electrons. The van der Waals surface area contributed by atoms with E-state index < -0.39 is 5.97 Å². The van der Waals surface area contributed by atoms with E-state index in [2.05, 4.69) is 5.32 Å². The number of nitrogens with zero attached hydrogens (tertiary/aromatic N) is 1. The Morgan fingerprint density at radius 3 is 2.55 bits per heavy atom. The molecule has 4 rings (SSSR count). The average Bonchev–Trinajstić information content (AvgIpc) is 3.32. The van der Waals surface area contributed by atoms with Gasteiger partial charge in [0, 0.05) is 17.8 Å². The van der Waals surface area contributed by atoms with Gasteiger partial charge in [-0.1, -0.05) is 42.5 Å². The zero-order valence-corrected chi connectivity index (χ0v) is 24.3. The van der Waals surface area contributed by atoms with Crippen LogP contribution in [0, 0.1) is 13.8 Å². The first-order valence-corrected chi connectivity index (χ1v) is 14.9. The van der Waals surface area contributed by atoms with Crippen molar-refractivity contribution in [3.8, 4) is 5.75 Å². The first-order valence-electron chi connectivity index (χ1n) is 12.9. The van der Waals surface area contributed by atoms with Crippen molar-refractivity contribution < 1.29 is 23.9 Å². The van der Waals surface area contributed by atoms with Crippen LogP contribution < -0.4 is 10.1 Å². The van der Waals surface area contributed by atoms with E-state index in [0.717, 1.165) is 34.6 Å². The number of amides is 2. The summed E-state index contributed by atoms with van der Waals surface area (Å²) < 4.78 is 11.7. The highest BCUT2D eigenvalue weighted by atomic mass is 32.2. The highest BCUT2D eigenvalue weighted by molar-refractivity contribution is 8.26. The number of thiocarbonyl (C=S) groups is 1. The van der Waals surface area contributed by atoms with Gasteiger partial charge in [0.05, 0.1) is 23.2 Å². The molecular weight excluding hydrogens is 541 g/mol. The molecule has 1 N–H and O–H groups in total. The smallest absolute Gasteiger partial charge is 0.341 e. The van der Waals surface area contributed by atoms with Gasteiger partial charge in [-0.05, 0) is 75.8 Å². The van der Waals surface area contributed by atoms with Gasteiger partial charge in [0.2, 0.25) is 5.91 Å². The summed E-state index contributed by atoms with van der Waals surface area (Å²) >= 11 is 7.99. The molecule has 0 spiro atoms. The molecule has 2 amide bonds. The molecule has 2 fully saturated rings. The van der Waals surface area contributed by atoms with Gasteiger partial charge in [0.25, 0.3) is 5.91 Å². The van der Waals surface area contributed by atoms with Gasteiger partial charge in [-0.2, -0.15) is 0 Å². The Balaban J connectivity index is 1.34. The van der Waals surface area contributed by atoms with Crippen LogP contribution >= 0.6 is 35.3 Å². The maximum atomic E-state index is 13.0. The average molecular weight is 573 g/mol. The lowest BCUT2D eigenvalue weighted by molar-refractivity contribution is -0.122. The molecule has 1 aliphatic heterocycles. The SMILES string of the molecule is CCOC(=O)c1c(NC(=O)CCN2C(=O)/C(=C/c3ccc(OC4CCCCC4)cc3)SC2=S)sc(C)c1C. The second-order valence-corrected chi connectivity index (χ2v) is 12.2. The Kier molecular flexibility index (Phi) is 9.62. The molecule has 1 saturated heterocycles. The van der Waals surface area contributed by atoms with E-state index in [1.807, 2.05) is 44.2 Å². The van der Waals surface area contributed by atoms with Crippen molar-refractivity contribution >= 4 is 68.5 Å². The number of carbonyl (C=O) groups excluding carboxylic acids is 3. The largest absolute Gasteiger partial charge is 0.490 e. The van der Waals surface area contributed by atoms with E-state index in [9.17, 15) is 14.4 Å². The van der Waals surface area contributed by atoms with Gasteiger partial charge in [0.15, 0.2) is 0 Å². The van der Waals surface area contributed by atoms with Crippen molar-refractivity contribution in [1.29, 1.82) is 0 Å². The highest BCUT2D eigenvalue weighted by Gasteiger charge is 2.32. The molecule has 1 saturated carbocycles. The lowest BCUT2D eigenvalue weighted by Gasteiger charge is -2.22. The second kappa shape index (κ2) is 12.9. The van der Waals surface area contributed by atoms with Crippen molar-refractivity contribution in [2.75, 3.05) is 18.5 Å². The molecule has 0 bridgehead atoms. The van der Waals surface area contributed by atoms with Crippen molar-refractivity contribution in [3.63, 3.8) is 0 Å². The number of benzene rings is 1. The van der Waals surface area contributed by atoms with E-state index in [4.69, 9.17) is 21.7 Å². The number of aryl methyl sites for hydroxylation is 1. The third-order valence-corrected chi connectivity index (χ3v) is 9.09. The summed E-state index contributed by atoms with van der Waals surface area (Å²) in [7, 11) is 0. The molecule has 38 heavy (non-hydrogen) atoms.